The zero-order valence-corrected chi connectivity index (χ0v) is 20.9. The second-order valence-corrected chi connectivity index (χ2v) is 11.5. The van der Waals surface area contributed by atoms with Gasteiger partial charge in [-0.15, -0.1) is 6.42 Å². The van der Waals surface area contributed by atoms with Crippen LogP contribution in [-0.2, 0) is 14.4 Å². The Bertz CT molecular complexity index is 983. The van der Waals surface area contributed by atoms with Crippen molar-refractivity contribution in [1.29, 1.82) is 0 Å². The van der Waals surface area contributed by atoms with Gasteiger partial charge in [0.05, 0.1) is 11.8 Å². The van der Waals surface area contributed by atoms with Gasteiger partial charge in [-0.05, 0) is 87.5 Å². The van der Waals surface area contributed by atoms with Gasteiger partial charge in [0.2, 0.25) is 0 Å². The summed E-state index contributed by atoms with van der Waals surface area (Å²) in [5.41, 5.74) is 1.06. The molecule has 0 heterocycles. The lowest BCUT2D eigenvalue weighted by molar-refractivity contribution is -0.145. The van der Waals surface area contributed by atoms with Crippen molar-refractivity contribution < 1.29 is 29.7 Å². The van der Waals surface area contributed by atoms with Gasteiger partial charge in [-0.1, -0.05) is 30.5 Å². The van der Waals surface area contributed by atoms with E-state index in [1.807, 2.05) is 0 Å². The molecular weight excluding hydrogens is 448 g/mol. The Hall–Kier alpha value is -2.37. The molecule has 0 radical (unpaired) electrons. The summed E-state index contributed by atoms with van der Waals surface area (Å²) >= 11 is 0. The lowest BCUT2D eigenvalue weighted by Crippen LogP contribution is -2.54. The number of terminal acetylenes is 1. The molecule has 0 saturated heterocycles. The van der Waals surface area contributed by atoms with E-state index in [0.717, 1.165) is 50.7 Å². The number of aliphatic hydroxyl groups is 2. The highest BCUT2D eigenvalue weighted by atomic mass is 16.6. The number of carboxylic acids is 1. The van der Waals surface area contributed by atoms with Crippen LogP contribution in [0.4, 0.5) is 0 Å². The second kappa shape index (κ2) is 9.25. The van der Waals surface area contributed by atoms with Gasteiger partial charge >= 0.3 is 5.97 Å². The Kier molecular flexibility index (Phi) is 6.80. The highest BCUT2D eigenvalue weighted by Gasteiger charge is 2.63. The van der Waals surface area contributed by atoms with E-state index in [1.54, 1.807) is 0 Å². The van der Waals surface area contributed by atoms with Crippen LogP contribution in [0.25, 0.3) is 0 Å². The number of rotatable bonds is 6. The summed E-state index contributed by atoms with van der Waals surface area (Å²) in [7, 11) is 0. The summed E-state index contributed by atoms with van der Waals surface area (Å²) in [5.74, 6) is 2.36. The number of nitrogens with one attached hydrogen (secondary N) is 1. The molecule has 0 aromatic carbocycles. The Morgan fingerprint density at radius 1 is 1.23 bits per heavy atom. The van der Waals surface area contributed by atoms with Gasteiger partial charge in [0.1, 0.15) is 5.60 Å². The number of aliphatic hydroxyl groups excluding tert-OH is 1. The quantitative estimate of drug-likeness (QED) is 0.338. The summed E-state index contributed by atoms with van der Waals surface area (Å²) in [5, 5.41) is 36.1. The third-order valence-corrected chi connectivity index (χ3v) is 9.81. The van der Waals surface area contributed by atoms with Gasteiger partial charge in [0.25, 0.3) is 5.91 Å². The first kappa shape index (κ1) is 25.7. The van der Waals surface area contributed by atoms with Crippen LogP contribution in [0.3, 0.4) is 0 Å². The summed E-state index contributed by atoms with van der Waals surface area (Å²) < 4.78 is 0. The molecule has 192 valence electrons. The normalized spacial score (nSPS) is 40.9. The number of oxime groups is 1. The first-order chi connectivity index (χ1) is 16.4. The van der Waals surface area contributed by atoms with Crippen molar-refractivity contribution in [3.63, 3.8) is 0 Å². The van der Waals surface area contributed by atoms with Gasteiger partial charge < -0.3 is 25.5 Å². The van der Waals surface area contributed by atoms with Crippen LogP contribution < -0.4 is 5.32 Å². The van der Waals surface area contributed by atoms with Crippen molar-refractivity contribution in [2.75, 3.05) is 6.61 Å². The van der Waals surface area contributed by atoms with E-state index in [9.17, 15) is 19.8 Å². The maximum Gasteiger partial charge on any atom is 0.328 e. The molecule has 4 rings (SSSR count). The molecule has 0 bridgehead atoms. The number of fused-ring (bicyclic) bond motifs is 5. The van der Waals surface area contributed by atoms with E-state index in [0.29, 0.717) is 24.2 Å². The molecule has 4 aliphatic carbocycles. The Balaban J connectivity index is 1.41. The van der Waals surface area contributed by atoms with Crippen molar-refractivity contribution in [1.82, 2.24) is 5.32 Å². The van der Waals surface area contributed by atoms with Crippen LogP contribution in [0.15, 0.2) is 16.8 Å². The second-order valence-electron chi connectivity index (χ2n) is 11.5. The third kappa shape index (κ3) is 4.27. The molecule has 8 nitrogen and oxygen atoms in total. The van der Waals surface area contributed by atoms with Crippen LogP contribution in [0.1, 0.15) is 72.1 Å². The van der Waals surface area contributed by atoms with Crippen LogP contribution in [0, 0.1) is 40.9 Å². The number of hydrogen-bond donors (Lipinski definition) is 4. The van der Waals surface area contributed by atoms with E-state index in [-0.39, 0.29) is 10.8 Å². The van der Waals surface area contributed by atoms with Crippen LogP contribution in [0.2, 0.25) is 0 Å². The molecule has 8 heteroatoms. The Labute approximate surface area is 207 Å². The number of aliphatic carboxylic acids is 1. The molecule has 3 saturated carbocycles. The predicted octanol–water partition coefficient (Wildman–Crippen LogP) is 2.64. The molecule has 1 amide bonds. The molecule has 0 aliphatic heterocycles. The lowest BCUT2D eigenvalue weighted by Gasteiger charge is -2.58. The van der Waals surface area contributed by atoms with Gasteiger partial charge in [-0.25, -0.2) is 4.79 Å². The van der Waals surface area contributed by atoms with Gasteiger partial charge in [0.15, 0.2) is 12.6 Å². The molecule has 4 N–H and O–H groups in total. The number of nitrogens with zero attached hydrogens (tertiary/aromatic N) is 1. The number of hydrogen-bond acceptors (Lipinski definition) is 6. The number of allylic oxidation sites excluding steroid dienone is 2. The van der Waals surface area contributed by atoms with E-state index < -0.39 is 36.2 Å². The molecule has 4 aliphatic rings. The fourth-order valence-corrected chi connectivity index (χ4v) is 7.67. The molecular formula is C27H38N2O6. The van der Waals surface area contributed by atoms with E-state index >= 15 is 0 Å². The maximum absolute atomic E-state index is 12.0. The SMILES string of the molecule is C#C[C@@]1(O)CC[C@@H]2[C@@H]3CCC4=C/C(=N\OCC(=O)N[C@H](C(=O)O)[C@@H](C)O)CC[C@]4(C)[C@@H]3CC[C@@]21C. The van der Waals surface area contributed by atoms with Gasteiger partial charge in [-0.2, -0.15) is 0 Å². The van der Waals surface area contributed by atoms with Crippen molar-refractivity contribution >= 4 is 17.6 Å². The fourth-order valence-electron chi connectivity index (χ4n) is 7.67. The molecule has 8 atom stereocenters. The summed E-state index contributed by atoms with van der Waals surface area (Å²) in [6, 6.07) is -1.39. The first-order valence-corrected chi connectivity index (χ1v) is 12.8. The highest BCUT2D eigenvalue weighted by molar-refractivity contribution is 5.96. The van der Waals surface area contributed by atoms with Crippen LogP contribution in [-0.4, -0.2) is 57.3 Å². The van der Waals surface area contributed by atoms with Gasteiger partial charge in [-0.3, -0.25) is 4.79 Å². The smallest absolute Gasteiger partial charge is 0.328 e. The summed E-state index contributed by atoms with van der Waals surface area (Å²) in [6.07, 6.45) is 14.1. The number of carbonyl (C=O) groups excluding carboxylic acids is 1. The monoisotopic (exact) mass is 486 g/mol. The molecule has 0 aromatic heterocycles. The topological polar surface area (TPSA) is 128 Å². The third-order valence-electron chi connectivity index (χ3n) is 9.81. The Morgan fingerprint density at radius 3 is 2.60 bits per heavy atom. The van der Waals surface area contributed by atoms with E-state index in [4.69, 9.17) is 16.4 Å². The Morgan fingerprint density at radius 2 is 1.94 bits per heavy atom. The van der Waals surface area contributed by atoms with Crippen LogP contribution >= 0.6 is 0 Å². The summed E-state index contributed by atoms with van der Waals surface area (Å²) in [4.78, 5) is 28.3. The predicted molar refractivity (Wildman–Crippen MR) is 130 cm³/mol. The largest absolute Gasteiger partial charge is 0.480 e. The minimum absolute atomic E-state index is 0.0868. The van der Waals surface area contributed by atoms with E-state index in [2.05, 4.69) is 36.3 Å². The highest BCUT2D eigenvalue weighted by Crippen LogP contribution is 2.67. The zero-order valence-electron chi connectivity index (χ0n) is 20.9. The minimum atomic E-state index is -1.39. The van der Waals surface area contributed by atoms with Crippen LogP contribution in [0.5, 0.6) is 0 Å². The average molecular weight is 487 g/mol. The standard InChI is InChI=1S/C27H38N2O6/c1-5-27(34)13-10-21-19-7-6-17-14-18(8-11-25(17,3)20(19)9-12-26(21,27)4)29-35-15-22(31)28-23(16(2)30)24(32)33/h1,14,16,19-21,23,30,34H,6-13,15H2,2-4H3,(H,28,31)(H,32,33)/b29-18-/t16-,19-,20-,21-,23+,25+,26+,27-/m1/s1. The molecule has 3 fully saturated rings. The zero-order chi connectivity index (χ0) is 25.6. The average Bonchev–Trinajstić information content (AvgIpc) is 3.08. The number of carboxylic acid groups (broad SMARTS) is 1. The molecule has 0 spiro atoms. The molecule has 0 unspecified atom stereocenters. The van der Waals surface area contributed by atoms with Crippen molar-refractivity contribution in [3.8, 4) is 12.3 Å². The number of amides is 1. The van der Waals surface area contributed by atoms with Crippen molar-refractivity contribution in [2.45, 2.75) is 89.9 Å². The lowest BCUT2D eigenvalue weighted by atomic mass is 9.46. The fraction of sp³-hybridized carbons (Fsp3) is 0.741. The maximum atomic E-state index is 12.0. The molecule has 35 heavy (non-hydrogen) atoms. The summed E-state index contributed by atoms with van der Waals surface area (Å²) in [6.45, 7) is 5.46. The van der Waals surface area contributed by atoms with Crippen molar-refractivity contribution in [3.05, 3.63) is 11.6 Å². The van der Waals surface area contributed by atoms with Gasteiger partial charge in [0, 0.05) is 5.41 Å². The van der Waals surface area contributed by atoms with Crippen molar-refractivity contribution in [2.24, 2.45) is 33.7 Å². The first-order valence-electron chi connectivity index (χ1n) is 12.8. The molecule has 0 aromatic rings. The number of carbonyl (C=O) groups is 2. The minimum Gasteiger partial charge on any atom is -0.480 e. The van der Waals surface area contributed by atoms with E-state index in [1.165, 1.54) is 12.5 Å².